The molecule has 5 aromatic rings. The Labute approximate surface area is 187 Å². The van der Waals surface area contributed by atoms with Gasteiger partial charge in [-0.2, -0.15) is 0 Å². The SMILES string of the molecule is c1ccc(-c2ccc3ccc(-c4nc(CC5CCNCC5)c5cnccn45)cc3n2)cc1. The molecular formula is C27H25N5. The summed E-state index contributed by atoms with van der Waals surface area (Å²) >= 11 is 0. The van der Waals surface area contributed by atoms with Gasteiger partial charge in [0.25, 0.3) is 0 Å². The fourth-order valence-corrected chi connectivity index (χ4v) is 4.74. The third-order valence-corrected chi connectivity index (χ3v) is 6.48. The Kier molecular flexibility index (Phi) is 4.89. The minimum Gasteiger partial charge on any atom is -0.317 e. The Bertz CT molecular complexity index is 1380. The van der Waals surface area contributed by atoms with Crippen molar-refractivity contribution in [3.05, 3.63) is 84.9 Å². The standard InChI is InChI=1S/C27H25N5/c1-2-4-20(5-3-1)23-9-8-21-6-7-22(17-24(21)30-23)27-31-25(16-19-10-12-28-13-11-19)26-18-29-14-15-32(26)27/h1-9,14-15,17-19,28H,10-13,16H2. The summed E-state index contributed by atoms with van der Waals surface area (Å²) in [6, 6.07) is 21.0. The van der Waals surface area contributed by atoms with E-state index in [0.29, 0.717) is 5.92 Å². The molecule has 3 aromatic heterocycles. The first-order valence-corrected chi connectivity index (χ1v) is 11.3. The predicted octanol–water partition coefficient (Wildman–Crippen LogP) is 5.15. The monoisotopic (exact) mass is 419 g/mol. The van der Waals surface area contributed by atoms with Crippen molar-refractivity contribution in [1.29, 1.82) is 0 Å². The van der Waals surface area contributed by atoms with Gasteiger partial charge in [-0.25, -0.2) is 9.97 Å². The van der Waals surface area contributed by atoms with Gasteiger partial charge >= 0.3 is 0 Å². The average molecular weight is 420 g/mol. The van der Waals surface area contributed by atoms with E-state index in [0.717, 1.165) is 64.3 Å². The second kappa shape index (κ2) is 8.17. The van der Waals surface area contributed by atoms with E-state index in [-0.39, 0.29) is 0 Å². The molecule has 0 saturated carbocycles. The molecule has 5 nitrogen and oxygen atoms in total. The van der Waals surface area contributed by atoms with E-state index in [4.69, 9.17) is 9.97 Å². The molecule has 0 radical (unpaired) electrons. The number of nitrogens with one attached hydrogen (secondary N) is 1. The zero-order valence-electron chi connectivity index (χ0n) is 17.9. The van der Waals surface area contributed by atoms with Gasteiger partial charge in [0, 0.05) is 28.9 Å². The average Bonchev–Trinajstić information content (AvgIpc) is 3.23. The molecule has 1 saturated heterocycles. The van der Waals surface area contributed by atoms with Crippen LogP contribution in [0.15, 0.2) is 79.3 Å². The number of aromatic nitrogens is 4. The van der Waals surface area contributed by atoms with Crippen molar-refractivity contribution in [1.82, 2.24) is 24.7 Å². The van der Waals surface area contributed by atoms with Gasteiger partial charge in [0.2, 0.25) is 0 Å². The maximum atomic E-state index is 5.12. The Morgan fingerprint density at radius 3 is 2.62 bits per heavy atom. The summed E-state index contributed by atoms with van der Waals surface area (Å²) < 4.78 is 2.17. The van der Waals surface area contributed by atoms with Crippen molar-refractivity contribution in [2.45, 2.75) is 19.3 Å². The van der Waals surface area contributed by atoms with Gasteiger partial charge in [0.15, 0.2) is 0 Å². The highest BCUT2D eigenvalue weighted by Crippen LogP contribution is 2.29. The van der Waals surface area contributed by atoms with Crippen molar-refractivity contribution in [3.8, 4) is 22.6 Å². The molecule has 1 aliphatic heterocycles. The Morgan fingerprint density at radius 1 is 0.906 bits per heavy atom. The summed E-state index contributed by atoms with van der Waals surface area (Å²) in [5.41, 5.74) is 6.42. The maximum absolute atomic E-state index is 5.12. The Hall–Kier alpha value is -3.57. The molecule has 1 aliphatic rings. The van der Waals surface area contributed by atoms with Gasteiger partial charge in [-0.15, -0.1) is 0 Å². The second-order valence-electron chi connectivity index (χ2n) is 8.58. The summed E-state index contributed by atoms with van der Waals surface area (Å²) in [6.45, 7) is 2.20. The van der Waals surface area contributed by atoms with Crippen LogP contribution in [-0.2, 0) is 6.42 Å². The summed E-state index contributed by atoms with van der Waals surface area (Å²) in [6.07, 6.45) is 9.20. The Morgan fingerprint density at radius 2 is 1.75 bits per heavy atom. The number of rotatable bonds is 4. The third kappa shape index (κ3) is 3.55. The molecule has 0 unspecified atom stereocenters. The van der Waals surface area contributed by atoms with E-state index >= 15 is 0 Å². The van der Waals surface area contributed by atoms with Crippen LogP contribution in [0.4, 0.5) is 0 Å². The van der Waals surface area contributed by atoms with Crippen LogP contribution in [0, 0.1) is 5.92 Å². The number of nitrogens with zero attached hydrogens (tertiary/aromatic N) is 4. The van der Waals surface area contributed by atoms with Crippen molar-refractivity contribution in [2.75, 3.05) is 13.1 Å². The Balaban J connectivity index is 1.43. The first kappa shape index (κ1) is 19.1. The molecule has 1 fully saturated rings. The van der Waals surface area contributed by atoms with E-state index in [1.165, 1.54) is 12.8 Å². The molecule has 5 heteroatoms. The maximum Gasteiger partial charge on any atom is 0.144 e. The number of imidazole rings is 1. The highest BCUT2D eigenvalue weighted by molar-refractivity contribution is 5.85. The van der Waals surface area contributed by atoms with Crippen LogP contribution in [0.3, 0.4) is 0 Å². The van der Waals surface area contributed by atoms with Crippen LogP contribution in [0.2, 0.25) is 0 Å². The van der Waals surface area contributed by atoms with E-state index in [1.54, 1.807) is 0 Å². The third-order valence-electron chi connectivity index (χ3n) is 6.48. The number of benzene rings is 2. The lowest BCUT2D eigenvalue weighted by atomic mass is 9.93. The van der Waals surface area contributed by atoms with Crippen molar-refractivity contribution < 1.29 is 0 Å². The molecular weight excluding hydrogens is 394 g/mol. The van der Waals surface area contributed by atoms with Crippen LogP contribution >= 0.6 is 0 Å². The van der Waals surface area contributed by atoms with E-state index < -0.39 is 0 Å². The quantitative estimate of drug-likeness (QED) is 0.438. The highest BCUT2D eigenvalue weighted by atomic mass is 15.0. The van der Waals surface area contributed by atoms with Gasteiger partial charge in [-0.05, 0) is 50.4 Å². The van der Waals surface area contributed by atoms with Crippen molar-refractivity contribution in [2.24, 2.45) is 5.92 Å². The predicted molar refractivity (Wildman–Crippen MR) is 128 cm³/mol. The van der Waals surface area contributed by atoms with E-state index in [1.807, 2.05) is 36.8 Å². The molecule has 0 atom stereocenters. The number of pyridine rings is 1. The zero-order valence-corrected chi connectivity index (χ0v) is 17.9. The van der Waals surface area contributed by atoms with Crippen LogP contribution in [0.25, 0.3) is 39.1 Å². The molecule has 4 heterocycles. The molecule has 2 aromatic carbocycles. The summed E-state index contributed by atoms with van der Waals surface area (Å²) in [5.74, 6) is 1.63. The minimum absolute atomic E-state index is 0.676. The van der Waals surface area contributed by atoms with Gasteiger partial charge < -0.3 is 5.32 Å². The fraction of sp³-hybridized carbons (Fsp3) is 0.222. The van der Waals surface area contributed by atoms with Gasteiger partial charge in [0.1, 0.15) is 5.82 Å². The first-order valence-electron chi connectivity index (χ1n) is 11.3. The first-order chi connectivity index (χ1) is 15.8. The molecule has 0 bridgehead atoms. The van der Waals surface area contributed by atoms with Crippen LogP contribution in [0.1, 0.15) is 18.5 Å². The van der Waals surface area contributed by atoms with Crippen molar-refractivity contribution >= 4 is 16.4 Å². The van der Waals surface area contributed by atoms with Crippen LogP contribution in [0.5, 0.6) is 0 Å². The smallest absolute Gasteiger partial charge is 0.144 e. The lowest BCUT2D eigenvalue weighted by molar-refractivity contribution is 0.371. The summed E-state index contributed by atoms with van der Waals surface area (Å²) in [7, 11) is 0. The summed E-state index contributed by atoms with van der Waals surface area (Å²) in [4.78, 5) is 14.5. The molecule has 0 spiro atoms. The molecule has 1 N–H and O–H groups in total. The van der Waals surface area contributed by atoms with Gasteiger partial charge in [-0.1, -0.05) is 48.5 Å². The number of fused-ring (bicyclic) bond motifs is 2. The number of piperidine rings is 1. The lowest BCUT2D eigenvalue weighted by Crippen LogP contribution is -2.28. The van der Waals surface area contributed by atoms with E-state index in [9.17, 15) is 0 Å². The van der Waals surface area contributed by atoms with Crippen LogP contribution in [-0.4, -0.2) is 32.4 Å². The topological polar surface area (TPSA) is 55.1 Å². The summed E-state index contributed by atoms with van der Waals surface area (Å²) in [5, 5.41) is 4.59. The molecule has 0 amide bonds. The van der Waals surface area contributed by atoms with Crippen LogP contribution < -0.4 is 5.32 Å². The molecule has 158 valence electrons. The minimum atomic E-state index is 0.676. The van der Waals surface area contributed by atoms with Crippen molar-refractivity contribution in [3.63, 3.8) is 0 Å². The molecule has 0 aliphatic carbocycles. The fourth-order valence-electron chi connectivity index (χ4n) is 4.74. The normalized spacial score (nSPS) is 14.9. The highest BCUT2D eigenvalue weighted by Gasteiger charge is 2.19. The lowest BCUT2D eigenvalue weighted by Gasteiger charge is -2.21. The van der Waals surface area contributed by atoms with Gasteiger partial charge in [0.05, 0.1) is 28.6 Å². The zero-order chi connectivity index (χ0) is 21.3. The largest absolute Gasteiger partial charge is 0.317 e. The van der Waals surface area contributed by atoms with Gasteiger partial charge in [-0.3, -0.25) is 9.38 Å². The number of hydrogen-bond acceptors (Lipinski definition) is 4. The van der Waals surface area contributed by atoms with E-state index in [2.05, 4.69) is 57.2 Å². The molecule has 32 heavy (non-hydrogen) atoms. The molecule has 6 rings (SSSR count). The number of hydrogen-bond donors (Lipinski definition) is 1. The second-order valence-corrected chi connectivity index (χ2v) is 8.58.